The van der Waals surface area contributed by atoms with Gasteiger partial charge in [0.15, 0.2) is 0 Å². The molecule has 172 valence electrons. The SMILES string of the molecule is CCCCCCCC/C=C/C(O)C(COP(=O)([O-])OCC[N+](C)(C)C)NC(C)=O. The summed E-state index contributed by atoms with van der Waals surface area (Å²) >= 11 is 0. The van der Waals surface area contributed by atoms with Crippen molar-refractivity contribution in [1.29, 1.82) is 0 Å². The molecule has 0 saturated carbocycles. The first-order valence-electron chi connectivity index (χ1n) is 10.5. The lowest BCUT2D eigenvalue weighted by Gasteiger charge is -2.29. The smallest absolute Gasteiger partial charge is 0.268 e. The number of rotatable bonds is 17. The van der Waals surface area contributed by atoms with Crippen molar-refractivity contribution in [3.05, 3.63) is 12.2 Å². The highest BCUT2D eigenvalue weighted by Gasteiger charge is 2.22. The molecule has 0 aromatic rings. The summed E-state index contributed by atoms with van der Waals surface area (Å²) in [5.41, 5.74) is 0. The summed E-state index contributed by atoms with van der Waals surface area (Å²) in [5.74, 6) is -0.381. The van der Waals surface area contributed by atoms with Crippen LogP contribution in [-0.2, 0) is 18.4 Å². The first-order chi connectivity index (χ1) is 13.5. The number of unbranched alkanes of at least 4 members (excludes halogenated alkanes) is 6. The van der Waals surface area contributed by atoms with Crippen molar-refractivity contribution in [2.75, 3.05) is 40.9 Å². The summed E-state index contributed by atoms with van der Waals surface area (Å²) in [4.78, 5) is 23.3. The van der Waals surface area contributed by atoms with Gasteiger partial charge >= 0.3 is 0 Å². The second kappa shape index (κ2) is 15.1. The van der Waals surface area contributed by atoms with Crippen molar-refractivity contribution >= 4 is 13.7 Å². The average Bonchev–Trinajstić information content (AvgIpc) is 2.59. The van der Waals surface area contributed by atoms with Crippen molar-refractivity contribution in [2.45, 2.75) is 70.9 Å². The Bertz CT molecular complexity index is 522. The fraction of sp³-hybridized carbons (Fsp3) is 0.850. The van der Waals surface area contributed by atoms with E-state index in [9.17, 15) is 19.4 Å². The van der Waals surface area contributed by atoms with Crippen molar-refractivity contribution in [3.8, 4) is 0 Å². The molecule has 0 heterocycles. The number of carbonyl (C=O) groups is 1. The molecule has 0 radical (unpaired) electrons. The molecule has 0 bridgehead atoms. The molecular weight excluding hydrogens is 395 g/mol. The molecule has 0 rings (SSSR count). The molecule has 0 fully saturated rings. The van der Waals surface area contributed by atoms with Gasteiger partial charge in [0.25, 0.3) is 7.82 Å². The number of allylic oxidation sites excluding steroid dienone is 1. The second-order valence-corrected chi connectivity index (χ2v) is 9.78. The van der Waals surface area contributed by atoms with Crippen LogP contribution in [0.15, 0.2) is 12.2 Å². The number of amides is 1. The Morgan fingerprint density at radius 1 is 1.17 bits per heavy atom. The monoisotopic (exact) mass is 436 g/mol. The molecule has 0 aliphatic rings. The van der Waals surface area contributed by atoms with E-state index in [4.69, 9.17) is 9.05 Å². The molecule has 0 aromatic carbocycles. The average molecular weight is 437 g/mol. The Morgan fingerprint density at radius 2 is 1.79 bits per heavy atom. The van der Waals surface area contributed by atoms with E-state index in [2.05, 4.69) is 12.2 Å². The first-order valence-corrected chi connectivity index (χ1v) is 12.0. The Labute approximate surface area is 176 Å². The normalized spacial score (nSPS) is 16.5. The van der Waals surface area contributed by atoms with E-state index in [1.807, 2.05) is 27.2 Å². The van der Waals surface area contributed by atoms with E-state index in [1.165, 1.54) is 32.6 Å². The van der Waals surface area contributed by atoms with Crippen molar-refractivity contribution in [1.82, 2.24) is 5.32 Å². The van der Waals surface area contributed by atoms with Gasteiger partial charge in [-0.1, -0.05) is 51.2 Å². The maximum Gasteiger partial charge on any atom is 0.268 e. The van der Waals surface area contributed by atoms with E-state index in [1.54, 1.807) is 6.08 Å². The standard InChI is InChI=1S/C20H41N2O6P/c1-6-7-8-9-10-11-12-13-14-20(24)19(21-18(2)23)17-28-29(25,26)27-16-15-22(3,4)5/h13-14,19-20,24H,6-12,15-17H2,1-5H3,(H-,21,23,25,26)/b14-13+. The van der Waals surface area contributed by atoms with Gasteiger partial charge in [-0.15, -0.1) is 0 Å². The van der Waals surface area contributed by atoms with Gasteiger partial charge in [0, 0.05) is 6.92 Å². The molecule has 0 saturated heterocycles. The molecule has 0 spiro atoms. The Balaban J connectivity index is 4.42. The molecule has 3 unspecified atom stereocenters. The summed E-state index contributed by atoms with van der Waals surface area (Å²) in [6.07, 6.45) is 10.3. The number of nitrogens with zero attached hydrogens (tertiary/aromatic N) is 1. The van der Waals surface area contributed by atoms with Crippen LogP contribution in [0.3, 0.4) is 0 Å². The summed E-state index contributed by atoms with van der Waals surface area (Å²) < 4.78 is 22.2. The van der Waals surface area contributed by atoms with Gasteiger partial charge in [-0.2, -0.15) is 0 Å². The largest absolute Gasteiger partial charge is 0.756 e. The summed E-state index contributed by atoms with van der Waals surface area (Å²) in [7, 11) is 1.24. The summed E-state index contributed by atoms with van der Waals surface area (Å²) in [6.45, 7) is 3.58. The quantitative estimate of drug-likeness (QED) is 0.157. The number of aliphatic hydroxyl groups excluding tert-OH is 1. The molecule has 3 atom stereocenters. The number of hydrogen-bond donors (Lipinski definition) is 2. The second-order valence-electron chi connectivity index (χ2n) is 8.37. The van der Waals surface area contributed by atoms with Crippen molar-refractivity contribution in [3.63, 3.8) is 0 Å². The number of phosphoric ester groups is 1. The third-order valence-electron chi connectivity index (χ3n) is 4.28. The van der Waals surface area contributed by atoms with Crippen LogP contribution in [0.4, 0.5) is 0 Å². The first kappa shape index (κ1) is 28.2. The van der Waals surface area contributed by atoms with Crippen LogP contribution in [0.1, 0.15) is 58.8 Å². The summed E-state index contributed by atoms with van der Waals surface area (Å²) in [5, 5.41) is 12.8. The fourth-order valence-corrected chi connectivity index (χ4v) is 3.26. The van der Waals surface area contributed by atoms with E-state index >= 15 is 0 Å². The number of nitrogens with one attached hydrogen (secondary N) is 1. The maximum atomic E-state index is 11.9. The lowest BCUT2D eigenvalue weighted by Crippen LogP contribution is -2.45. The van der Waals surface area contributed by atoms with E-state index in [0.29, 0.717) is 11.0 Å². The predicted octanol–water partition coefficient (Wildman–Crippen LogP) is 2.37. The highest BCUT2D eigenvalue weighted by molar-refractivity contribution is 7.45. The van der Waals surface area contributed by atoms with Crippen LogP contribution in [0.25, 0.3) is 0 Å². The lowest BCUT2D eigenvalue weighted by molar-refractivity contribution is -0.870. The van der Waals surface area contributed by atoms with Gasteiger partial charge in [0.1, 0.15) is 13.2 Å². The summed E-state index contributed by atoms with van der Waals surface area (Å²) in [6, 6.07) is -0.877. The number of likely N-dealkylation sites (N-methyl/N-ethyl adjacent to an activating group) is 1. The van der Waals surface area contributed by atoms with Gasteiger partial charge in [-0.25, -0.2) is 0 Å². The van der Waals surface area contributed by atoms with Gasteiger partial charge in [0.2, 0.25) is 5.91 Å². The van der Waals surface area contributed by atoms with Crippen LogP contribution < -0.4 is 10.2 Å². The Kier molecular flexibility index (Phi) is 14.7. The predicted molar refractivity (Wildman–Crippen MR) is 113 cm³/mol. The molecule has 0 aromatic heterocycles. The molecule has 0 aliphatic heterocycles. The number of hydrogen-bond acceptors (Lipinski definition) is 6. The fourth-order valence-electron chi connectivity index (χ4n) is 2.53. The minimum Gasteiger partial charge on any atom is -0.756 e. The maximum absolute atomic E-state index is 11.9. The van der Waals surface area contributed by atoms with E-state index < -0.39 is 26.6 Å². The van der Waals surface area contributed by atoms with Crippen LogP contribution in [0, 0.1) is 0 Å². The zero-order valence-corrected chi connectivity index (χ0v) is 19.7. The minimum absolute atomic E-state index is 0.00417. The number of phosphoric acid groups is 1. The lowest BCUT2D eigenvalue weighted by atomic mass is 10.1. The molecular formula is C20H41N2O6P. The number of quaternary nitrogens is 1. The van der Waals surface area contributed by atoms with E-state index in [0.717, 1.165) is 19.3 Å². The van der Waals surface area contributed by atoms with Crippen molar-refractivity contribution in [2.24, 2.45) is 0 Å². The van der Waals surface area contributed by atoms with Gasteiger partial charge in [0.05, 0.1) is 39.9 Å². The third kappa shape index (κ3) is 17.8. The molecule has 0 aliphatic carbocycles. The van der Waals surface area contributed by atoms with Gasteiger partial charge in [-0.05, 0) is 12.8 Å². The van der Waals surface area contributed by atoms with Crippen LogP contribution in [0.2, 0.25) is 0 Å². The highest BCUT2D eigenvalue weighted by Crippen LogP contribution is 2.38. The molecule has 8 nitrogen and oxygen atoms in total. The topological polar surface area (TPSA) is 108 Å². The zero-order chi connectivity index (χ0) is 22.3. The molecule has 2 N–H and O–H groups in total. The van der Waals surface area contributed by atoms with Crippen LogP contribution >= 0.6 is 7.82 Å². The molecule has 1 amide bonds. The number of carbonyl (C=O) groups excluding carboxylic acids is 1. The zero-order valence-electron chi connectivity index (χ0n) is 18.8. The Morgan fingerprint density at radius 3 is 2.38 bits per heavy atom. The van der Waals surface area contributed by atoms with Crippen LogP contribution in [0.5, 0.6) is 0 Å². The van der Waals surface area contributed by atoms with E-state index in [-0.39, 0.29) is 12.5 Å². The molecule has 29 heavy (non-hydrogen) atoms. The third-order valence-corrected chi connectivity index (χ3v) is 5.25. The Hall–Kier alpha value is -0.760. The van der Waals surface area contributed by atoms with Crippen LogP contribution in [-0.4, -0.2) is 68.5 Å². The number of aliphatic hydroxyl groups is 1. The highest BCUT2D eigenvalue weighted by atomic mass is 31.2. The van der Waals surface area contributed by atoms with Crippen molar-refractivity contribution < 1.29 is 32.9 Å². The van der Waals surface area contributed by atoms with Gasteiger partial charge < -0.3 is 28.8 Å². The minimum atomic E-state index is -4.51. The van der Waals surface area contributed by atoms with Gasteiger partial charge in [-0.3, -0.25) is 9.36 Å². The molecule has 9 heteroatoms.